The van der Waals surface area contributed by atoms with E-state index in [0.29, 0.717) is 10.7 Å². The second kappa shape index (κ2) is 8.82. The number of rotatable bonds is 6. The first-order chi connectivity index (χ1) is 13.4. The van der Waals surface area contributed by atoms with Crippen LogP contribution in [0.15, 0.2) is 88.7 Å². The normalized spacial score (nSPS) is 11.2. The smallest absolute Gasteiger partial charge is 0.270 e. The average Bonchev–Trinajstić information content (AvgIpc) is 2.69. The lowest BCUT2D eigenvalue weighted by Gasteiger charge is -2.22. The van der Waals surface area contributed by atoms with Crippen LogP contribution in [0.1, 0.15) is 5.56 Å². The van der Waals surface area contributed by atoms with E-state index in [9.17, 15) is 13.2 Å². The highest BCUT2D eigenvalue weighted by atomic mass is 35.5. The number of aryl methyl sites for hydroxylation is 1. The van der Waals surface area contributed by atoms with Gasteiger partial charge in [0, 0.05) is 9.92 Å². The van der Waals surface area contributed by atoms with Crippen LogP contribution in [0.2, 0.25) is 5.02 Å². The summed E-state index contributed by atoms with van der Waals surface area (Å²) in [5.41, 5.74) is 1.25. The van der Waals surface area contributed by atoms with Crippen molar-refractivity contribution in [2.45, 2.75) is 16.7 Å². The molecule has 0 radical (unpaired) electrons. The van der Waals surface area contributed by atoms with Crippen LogP contribution in [0.3, 0.4) is 0 Å². The molecular weight excluding hydrogens is 414 g/mol. The first-order valence-electron chi connectivity index (χ1n) is 8.46. The number of sulfonamides is 1. The van der Waals surface area contributed by atoms with Gasteiger partial charge in [0.1, 0.15) is 0 Å². The minimum atomic E-state index is -4.03. The van der Waals surface area contributed by atoms with E-state index < -0.39 is 15.9 Å². The van der Waals surface area contributed by atoms with Crippen molar-refractivity contribution in [2.24, 2.45) is 0 Å². The molecule has 0 bridgehead atoms. The number of anilines is 1. The fraction of sp³-hybridized carbons (Fsp3) is 0.0952. The monoisotopic (exact) mass is 431 g/mol. The number of benzene rings is 3. The van der Waals surface area contributed by atoms with Crippen LogP contribution in [0.4, 0.5) is 5.69 Å². The van der Waals surface area contributed by atoms with E-state index in [0.717, 1.165) is 14.8 Å². The predicted octanol–water partition coefficient (Wildman–Crippen LogP) is 5.16. The Morgan fingerprint density at radius 1 is 0.929 bits per heavy atom. The maximum Gasteiger partial charge on any atom is 0.270 e. The molecule has 144 valence electrons. The maximum atomic E-state index is 13.2. The van der Waals surface area contributed by atoms with Gasteiger partial charge in [0.25, 0.3) is 15.9 Å². The number of carbonyl (C=O) groups excluding carboxylic acids is 1. The Morgan fingerprint density at radius 3 is 2.14 bits per heavy atom. The molecule has 0 aromatic heterocycles. The summed E-state index contributed by atoms with van der Waals surface area (Å²) in [6.45, 7) is 1.87. The molecule has 3 rings (SSSR count). The molecule has 0 saturated carbocycles. The van der Waals surface area contributed by atoms with Crippen molar-refractivity contribution >= 4 is 45.0 Å². The SMILES string of the molecule is Cc1ccc(S(=O)(=O)N(C(=O)CSc2ccc(Cl)cc2)c2ccccc2)cc1. The molecular formula is C21H18ClNO3S2. The van der Waals surface area contributed by atoms with Crippen LogP contribution in [-0.4, -0.2) is 20.1 Å². The van der Waals surface area contributed by atoms with E-state index >= 15 is 0 Å². The molecule has 0 N–H and O–H groups in total. The standard InChI is InChI=1S/C21H18ClNO3S2/c1-16-7-13-20(14-8-16)28(25,26)23(18-5-3-2-4-6-18)21(24)15-27-19-11-9-17(22)10-12-19/h2-14H,15H2,1H3. The summed E-state index contributed by atoms with van der Waals surface area (Å²) in [4.78, 5) is 13.9. The van der Waals surface area contributed by atoms with Gasteiger partial charge in [-0.1, -0.05) is 47.5 Å². The third-order valence-electron chi connectivity index (χ3n) is 3.95. The van der Waals surface area contributed by atoms with Gasteiger partial charge >= 0.3 is 0 Å². The number of hydrogen-bond donors (Lipinski definition) is 0. The van der Waals surface area contributed by atoms with Gasteiger partial charge in [-0.3, -0.25) is 4.79 Å². The van der Waals surface area contributed by atoms with Crippen LogP contribution >= 0.6 is 23.4 Å². The number of nitrogens with zero attached hydrogens (tertiary/aromatic N) is 1. The molecule has 0 heterocycles. The summed E-state index contributed by atoms with van der Waals surface area (Å²) in [5.74, 6) is -0.548. The highest BCUT2D eigenvalue weighted by molar-refractivity contribution is 8.00. The topological polar surface area (TPSA) is 54.5 Å². The molecule has 0 fully saturated rings. The third kappa shape index (κ3) is 4.76. The van der Waals surface area contributed by atoms with Crippen molar-refractivity contribution in [1.82, 2.24) is 0 Å². The largest absolute Gasteiger partial charge is 0.272 e. The molecule has 0 aliphatic rings. The van der Waals surface area contributed by atoms with E-state index in [1.807, 2.05) is 6.92 Å². The Bertz CT molecular complexity index is 1050. The summed E-state index contributed by atoms with van der Waals surface area (Å²) in [5, 5.41) is 0.600. The Morgan fingerprint density at radius 2 is 1.54 bits per heavy atom. The summed E-state index contributed by atoms with van der Waals surface area (Å²) >= 11 is 7.14. The Kier molecular flexibility index (Phi) is 6.44. The zero-order valence-electron chi connectivity index (χ0n) is 15.1. The number of carbonyl (C=O) groups is 1. The summed E-state index contributed by atoms with van der Waals surface area (Å²) in [6, 6.07) is 21.9. The minimum absolute atomic E-state index is 0.0262. The molecule has 3 aromatic rings. The lowest BCUT2D eigenvalue weighted by atomic mass is 10.2. The van der Waals surface area contributed by atoms with E-state index in [1.165, 1.54) is 23.9 Å². The fourth-order valence-electron chi connectivity index (χ4n) is 2.53. The quantitative estimate of drug-likeness (QED) is 0.505. The number of para-hydroxylation sites is 1. The molecule has 0 spiro atoms. The molecule has 0 aliphatic carbocycles. The first-order valence-corrected chi connectivity index (χ1v) is 11.3. The van der Waals surface area contributed by atoms with Crippen LogP contribution in [0.5, 0.6) is 0 Å². The van der Waals surface area contributed by atoms with Crippen LogP contribution < -0.4 is 4.31 Å². The lowest BCUT2D eigenvalue weighted by molar-refractivity contribution is -0.115. The fourth-order valence-corrected chi connectivity index (χ4v) is 4.91. The van der Waals surface area contributed by atoms with Gasteiger partial charge in [-0.25, -0.2) is 12.7 Å². The van der Waals surface area contributed by atoms with Crippen molar-refractivity contribution < 1.29 is 13.2 Å². The molecule has 0 aliphatic heterocycles. The zero-order valence-corrected chi connectivity index (χ0v) is 17.5. The van der Waals surface area contributed by atoms with Gasteiger partial charge in [0.05, 0.1) is 16.3 Å². The van der Waals surface area contributed by atoms with Crippen molar-refractivity contribution in [1.29, 1.82) is 0 Å². The van der Waals surface area contributed by atoms with Gasteiger partial charge in [-0.15, -0.1) is 11.8 Å². The lowest BCUT2D eigenvalue weighted by Crippen LogP contribution is -2.38. The van der Waals surface area contributed by atoms with Crippen LogP contribution in [-0.2, 0) is 14.8 Å². The molecule has 1 amide bonds. The Labute approximate surface area is 174 Å². The van der Waals surface area contributed by atoms with E-state index in [4.69, 9.17) is 11.6 Å². The van der Waals surface area contributed by atoms with Gasteiger partial charge in [0.15, 0.2) is 0 Å². The number of thioether (sulfide) groups is 1. The minimum Gasteiger partial charge on any atom is -0.272 e. The second-order valence-corrected chi connectivity index (χ2v) is 9.33. The van der Waals surface area contributed by atoms with E-state index in [1.54, 1.807) is 66.7 Å². The molecule has 0 unspecified atom stereocenters. The number of halogens is 1. The zero-order chi connectivity index (χ0) is 20.1. The van der Waals surface area contributed by atoms with Gasteiger partial charge in [-0.05, 0) is 55.5 Å². The average molecular weight is 432 g/mol. The summed E-state index contributed by atoms with van der Waals surface area (Å²) in [6.07, 6.45) is 0. The molecule has 3 aromatic carbocycles. The van der Waals surface area contributed by atoms with Crippen molar-refractivity contribution in [3.05, 3.63) is 89.4 Å². The Balaban J connectivity index is 1.91. The van der Waals surface area contributed by atoms with E-state index in [-0.39, 0.29) is 10.6 Å². The molecule has 7 heteroatoms. The molecule has 0 saturated heterocycles. The predicted molar refractivity (Wildman–Crippen MR) is 114 cm³/mol. The van der Waals surface area contributed by atoms with Crippen LogP contribution in [0, 0.1) is 6.92 Å². The first kappa shape index (κ1) is 20.5. The maximum absolute atomic E-state index is 13.2. The number of amides is 1. The summed E-state index contributed by atoms with van der Waals surface area (Å²) < 4.78 is 27.3. The Hall–Kier alpha value is -2.28. The second-order valence-electron chi connectivity index (χ2n) is 6.05. The third-order valence-corrected chi connectivity index (χ3v) is 6.96. The highest BCUT2D eigenvalue weighted by Crippen LogP contribution is 2.27. The van der Waals surface area contributed by atoms with Gasteiger partial charge in [-0.2, -0.15) is 0 Å². The van der Waals surface area contributed by atoms with Crippen molar-refractivity contribution in [2.75, 3.05) is 10.1 Å². The molecule has 0 atom stereocenters. The van der Waals surface area contributed by atoms with Crippen molar-refractivity contribution in [3.63, 3.8) is 0 Å². The van der Waals surface area contributed by atoms with E-state index in [2.05, 4.69) is 0 Å². The summed E-state index contributed by atoms with van der Waals surface area (Å²) in [7, 11) is -4.03. The molecule has 4 nitrogen and oxygen atoms in total. The highest BCUT2D eigenvalue weighted by Gasteiger charge is 2.30. The molecule has 28 heavy (non-hydrogen) atoms. The van der Waals surface area contributed by atoms with Gasteiger partial charge in [0.2, 0.25) is 0 Å². The number of hydrogen-bond acceptors (Lipinski definition) is 4. The van der Waals surface area contributed by atoms with Crippen LogP contribution in [0.25, 0.3) is 0 Å². The van der Waals surface area contributed by atoms with Gasteiger partial charge < -0.3 is 0 Å². The van der Waals surface area contributed by atoms with Crippen molar-refractivity contribution in [3.8, 4) is 0 Å².